The van der Waals surface area contributed by atoms with Crippen molar-refractivity contribution in [3.63, 3.8) is 0 Å². The number of amides is 1. The highest BCUT2D eigenvalue weighted by atomic mass is 32.2. The first-order chi connectivity index (χ1) is 14.8. The van der Waals surface area contributed by atoms with E-state index in [0.717, 1.165) is 11.4 Å². The van der Waals surface area contributed by atoms with E-state index in [2.05, 4.69) is 4.99 Å². The smallest absolute Gasteiger partial charge is 0.279 e. The first-order valence-electron chi connectivity index (χ1n) is 9.77. The Labute approximate surface area is 184 Å². The number of sulfone groups is 1. The molecular weight excluding hydrogens is 438 g/mol. The van der Waals surface area contributed by atoms with Crippen LogP contribution in [0.3, 0.4) is 0 Å². The van der Waals surface area contributed by atoms with Crippen molar-refractivity contribution in [2.45, 2.75) is 11.3 Å². The van der Waals surface area contributed by atoms with Gasteiger partial charge in [0.05, 0.1) is 17.5 Å². The number of carbonyl (C=O) groups excluding carboxylic acids is 1. The van der Waals surface area contributed by atoms with E-state index in [1.807, 2.05) is 48.2 Å². The fourth-order valence-electron chi connectivity index (χ4n) is 3.96. The monoisotopic (exact) mass is 459 g/mol. The van der Waals surface area contributed by atoms with Gasteiger partial charge >= 0.3 is 0 Å². The van der Waals surface area contributed by atoms with Gasteiger partial charge in [0.15, 0.2) is 26.5 Å². The van der Waals surface area contributed by atoms with Crippen LogP contribution in [0, 0.1) is 0 Å². The zero-order valence-electron chi connectivity index (χ0n) is 17.0. The maximum absolute atomic E-state index is 12.9. The highest BCUT2D eigenvalue weighted by Crippen LogP contribution is 2.41. The van der Waals surface area contributed by atoms with Crippen molar-refractivity contribution in [3.8, 4) is 11.5 Å². The molecule has 2 aromatic rings. The standard InChI is InChI=1S/C21H21N3O5S2/c1-23(2)14-4-6-15(7-5-14)24-16-10-31(26,27)11-19(16)30-21(24)22-20(25)13-3-8-17-18(9-13)29-12-28-17/h3-9,16,19H,10-12H2,1-2H3/t16-,19-/m0/s1. The lowest BCUT2D eigenvalue weighted by Crippen LogP contribution is -2.37. The molecule has 2 fully saturated rings. The Kier molecular flexibility index (Phi) is 4.86. The molecule has 10 heteroatoms. The summed E-state index contributed by atoms with van der Waals surface area (Å²) in [4.78, 5) is 21.2. The molecule has 0 aromatic heterocycles. The van der Waals surface area contributed by atoms with E-state index in [9.17, 15) is 13.2 Å². The van der Waals surface area contributed by atoms with Gasteiger partial charge in [0.2, 0.25) is 6.79 Å². The van der Waals surface area contributed by atoms with Crippen molar-refractivity contribution in [1.29, 1.82) is 0 Å². The topological polar surface area (TPSA) is 88.5 Å². The van der Waals surface area contributed by atoms with Crippen LogP contribution in [0.5, 0.6) is 11.5 Å². The number of thioether (sulfide) groups is 1. The van der Waals surface area contributed by atoms with E-state index in [-0.39, 0.29) is 29.6 Å². The van der Waals surface area contributed by atoms with Gasteiger partial charge in [0.1, 0.15) is 0 Å². The van der Waals surface area contributed by atoms with Gasteiger partial charge in [-0.3, -0.25) is 4.79 Å². The van der Waals surface area contributed by atoms with Crippen LogP contribution in [0.15, 0.2) is 47.5 Å². The molecule has 162 valence electrons. The van der Waals surface area contributed by atoms with Crippen LogP contribution < -0.4 is 19.3 Å². The Balaban J connectivity index is 1.49. The Hall–Kier alpha value is -2.72. The molecule has 5 rings (SSSR count). The Morgan fingerprint density at radius 3 is 2.58 bits per heavy atom. The normalized spacial score (nSPS) is 24.5. The zero-order valence-corrected chi connectivity index (χ0v) is 18.6. The molecule has 3 heterocycles. The van der Waals surface area contributed by atoms with Gasteiger partial charge in [0, 0.05) is 36.3 Å². The van der Waals surface area contributed by atoms with E-state index in [4.69, 9.17) is 9.47 Å². The second-order valence-electron chi connectivity index (χ2n) is 7.85. The fraction of sp³-hybridized carbons (Fsp3) is 0.333. The van der Waals surface area contributed by atoms with Crippen molar-refractivity contribution in [2.24, 2.45) is 4.99 Å². The molecule has 8 nitrogen and oxygen atoms in total. The number of ether oxygens (including phenoxy) is 2. The first-order valence-corrected chi connectivity index (χ1v) is 12.5. The predicted molar refractivity (Wildman–Crippen MR) is 121 cm³/mol. The van der Waals surface area contributed by atoms with Crippen LogP contribution in [0.1, 0.15) is 10.4 Å². The van der Waals surface area contributed by atoms with Crippen molar-refractivity contribution >= 4 is 44.0 Å². The summed E-state index contributed by atoms with van der Waals surface area (Å²) in [5.74, 6) is 0.855. The minimum atomic E-state index is -3.12. The third kappa shape index (κ3) is 3.74. The summed E-state index contributed by atoms with van der Waals surface area (Å²) in [7, 11) is 0.791. The summed E-state index contributed by atoms with van der Waals surface area (Å²) < 4.78 is 35.1. The van der Waals surface area contributed by atoms with Gasteiger partial charge in [-0.15, -0.1) is 0 Å². The molecule has 3 aliphatic rings. The van der Waals surface area contributed by atoms with Crippen LogP contribution in [0.25, 0.3) is 0 Å². The number of carbonyl (C=O) groups is 1. The molecule has 0 saturated carbocycles. The maximum Gasteiger partial charge on any atom is 0.279 e. The van der Waals surface area contributed by atoms with E-state index in [1.54, 1.807) is 18.2 Å². The van der Waals surface area contributed by atoms with Crippen molar-refractivity contribution in [1.82, 2.24) is 0 Å². The van der Waals surface area contributed by atoms with Gasteiger partial charge in [0.25, 0.3) is 5.91 Å². The van der Waals surface area contributed by atoms with Gasteiger partial charge in [-0.05, 0) is 42.5 Å². The maximum atomic E-state index is 12.9. The van der Waals surface area contributed by atoms with E-state index < -0.39 is 15.7 Å². The predicted octanol–water partition coefficient (Wildman–Crippen LogP) is 2.40. The quantitative estimate of drug-likeness (QED) is 0.692. The van der Waals surface area contributed by atoms with Crippen molar-refractivity contribution in [2.75, 3.05) is 42.2 Å². The largest absolute Gasteiger partial charge is 0.454 e. The fourth-order valence-corrected chi connectivity index (χ4v) is 7.87. The number of hydrogen-bond donors (Lipinski definition) is 0. The van der Waals surface area contributed by atoms with E-state index in [0.29, 0.717) is 22.2 Å². The van der Waals surface area contributed by atoms with Crippen LogP contribution in [0.4, 0.5) is 11.4 Å². The van der Waals surface area contributed by atoms with Crippen LogP contribution in [-0.4, -0.2) is 63.2 Å². The molecule has 0 aliphatic carbocycles. The summed E-state index contributed by atoms with van der Waals surface area (Å²) in [5.41, 5.74) is 2.24. The minimum absolute atomic E-state index is 0.0529. The zero-order chi connectivity index (χ0) is 21.8. The summed E-state index contributed by atoms with van der Waals surface area (Å²) in [6.07, 6.45) is 0. The summed E-state index contributed by atoms with van der Waals surface area (Å²) in [6, 6.07) is 12.5. The molecular formula is C21H21N3O5S2. The molecule has 0 spiro atoms. The number of aliphatic imine (C=N–C) groups is 1. The number of nitrogens with zero attached hydrogens (tertiary/aromatic N) is 3. The number of hydrogen-bond acceptors (Lipinski definition) is 7. The van der Waals surface area contributed by atoms with Crippen LogP contribution >= 0.6 is 11.8 Å². The van der Waals surface area contributed by atoms with Gasteiger partial charge in [-0.1, -0.05) is 11.8 Å². The van der Waals surface area contributed by atoms with E-state index in [1.165, 1.54) is 11.8 Å². The lowest BCUT2D eigenvalue weighted by molar-refractivity contribution is 0.100. The SMILES string of the molecule is CN(C)c1ccc(N2C(=NC(=O)c3ccc4c(c3)OCO4)S[C@H]3CS(=O)(=O)C[C@@H]32)cc1. The number of fused-ring (bicyclic) bond motifs is 2. The van der Waals surface area contributed by atoms with Gasteiger partial charge in [-0.2, -0.15) is 4.99 Å². The number of anilines is 2. The van der Waals surface area contributed by atoms with Crippen molar-refractivity contribution in [3.05, 3.63) is 48.0 Å². The third-order valence-electron chi connectivity index (χ3n) is 5.53. The molecule has 2 saturated heterocycles. The average molecular weight is 460 g/mol. The Morgan fingerprint density at radius 2 is 1.84 bits per heavy atom. The molecule has 1 amide bonds. The lowest BCUT2D eigenvalue weighted by atomic mass is 10.2. The number of rotatable bonds is 3. The second kappa shape index (κ2) is 7.45. The highest BCUT2D eigenvalue weighted by Gasteiger charge is 2.49. The second-order valence-corrected chi connectivity index (χ2v) is 11.2. The molecule has 0 unspecified atom stereocenters. The first kappa shape index (κ1) is 20.2. The van der Waals surface area contributed by atoms with Gasteiger partial charge < -0.3 is 19.3 Å². The molecule has 0 radical (unpaired) electrons. The molecule has 2 aromatic carbocycles. The third-order valence-corrected chi connectivity index (χ3v) is 8.74. The number of amidine groups is 1. The van der Waals surface area contributed by atoms with Crippen LogP contribution in [0.2, 0.25) is 0 Å². The minimum Gasteiger partial charge on any atom is -0.454 e. The molecule has 0 N–H and O–H groups in total. The lowest BCUT2D eigenvalue weighted by Gasteiger charge is -2.25. The van der Waals surface area contributed by atoms with E-state index >= 15 is 0 Å². The van der Waals surface area contributed by atoms with Crippen molar-refractivity contribution < 1.29 is 22.7 Å². The summed E-state index contributed by atoms with van der Waals surface area (Å²) in [6.45, 7) is 0.131. The molecule has 2 atom stereocenters. The molecule has 0 bridgehead atoms. The van der Waals surface area contributed by atoms with Crippen LogP contribution in [-0.2, 0) is 9.84 Å². The number of benzene rings is 2. The highest BCUT2D eigenvalue weighted by molar-refractivity contribution is 8.16. The summed E-state index contributed by atoms with van der Waals surface area (Å²) in [5, 5.41) is 0.368. The molecule has 3 aliphatic heterocycles. The summed E-state index contributed by atoms with van der Waals surface area (Å²) >= 11 is 1.36. The Bertz CT molecular complexity index is 1180. The Morgan fingerprint density at radius 1 is 1.10 bits per heavy atom. The average Bonchev–Trinajstić information content (AvgIpc) is 3.39. The molecule has 31 heavy (non-hydrogen) atoms. The van der Waals surface area contributed by atoms with Gasteiger partial charge in [-0.25, -0.2) is 8.42 Å².